The summed E-state index contributed by atoms with van der Waals surface area (Å²) in [6, 6.07) is 4.59. The first kappa shape index (κ1) is 11.9. The Labute approximate surface area is 104 Å². The van der Waals surface area contributed by atoms with Crippen molar-refractivity contribution in [1.82, 2.24) is 0 Å². The van der Waals surface area contributed by atoms with Crippen LogP contribution in [-0.2, 0) is 4.79 Å². The molecule has 1 fully saturated rings. The third-order valence-corrected chi connectivity index (χ3v) is 3.13. The molecular formula is C12H12ClNO3. The number of rotatable bonds is 2. The molecule has 1 aliphatic rings. The average Bonchev–Trinajstić information content (AvgIpc) is 2.29. The Morgan fingerprint density at radius 1 is 1.35 bits per heavy atom. The monoisotopic (exact) mass is 253 g/mol. The molecule has 0 saturated carbocycles. The Kier molecular flexibility index (Phi) is 3.33. The summed E-state index contributed by atoms with van der Waals surface area (Å²) in [6.45, 7) is 0.668. The highest BCUT2D eigenvalue weighted by molar-refractivity contribution is 6.33. The number of aromatic carboxylic acids is 1. The second-order valence-electron chi connectivity index (χ2n) is 3.97. The van der Waals surface area contributed by atoms with Crippen LogP contribution in [0.1, 0.15) is 29.6 Å². The van der Waals surface area contributed by atoms with E-state index in [0.717, 1.165) is 12.8 Å². The zero-order valence-electron chi connectivity index (χ0n) is 9.15. The van der Waals surface area contributed by atoms with Gasteiger partial charge in [-0.3, -0.25) is 4.79 Å². The van der Waals surface area contributed by atoms with E-state index in [1.807, 2.05) is 0 Å². The summed E-state index contributed by atoms with van der Waals surface area (Å²) in [4.78, 5) is 24.2. The number of benzene rings is 1. The van der Waals surface area contributed by atoms with Gasteiger partial charge in [-0.05, 0) is 31.0 Å². The number of piperidine rings is 1. The molecule has 0 radical (unpaired) electrons. The van der Waals surface area contributed by atoms with Gasteiger partial charge in [0.25, 0.3) is 0 Å². The molecule has 2 rings (SSSR count). The number of carbonyl (C=O) groups is 2. The molecule has 4 nitrogen and oxygen atoms in total. The highest BCUT2D eigenvalue weighted by Crippen LogP contribution is 2.26. The van der Waals surface area contributed by atoms with E-state index < -0.39 is 5.97 Å². The molecular weight excluding hydrogens is 242 g/mol. The van der Waals surface area contributed by atoms with Crippen LogP contribution in [0.25, 0.3) is 0 Å². The fourth-order valence-corrected chi connectivity index (χ4v) is 2.18. The molecule has 0 aromatic heterocycles. The third kappa shape index (κ3) is 2.42. The Bertz CT molecular complexity index is 473. The minimum Gasteiger partial charge on any atom is -0.478 e. The van der Waals surface area contributed by atoms with Crippen molar-refractivity contribution in [2.45, 2.75) is 19.3 Å². The summed E-state index contributed by atoms with van der Waals surface area (Å²) >= 11 is 5.87. The van der Waals surface area contributed by atoms with E-state index in [1.165, 1.54) is 12.1 Å². The summed E-state index contributed by atoms with van der Waals surface area (Å²) in [6.07, 6.45) is 2.42. The average molecular weight is 254 g/mol. The molecule has 0 bridgehead atoms. The van der Waals surface area contributed by atoms with Crippen LogP contribution in [0.4, 0.5) is 5.69 Å². The molecule has 90 valence electrons. The molecule has 1 saturated heterocycles. The number of nitrogens with zero attached hydrogens (tertiary/aromatic N) is 1. The molecule has 0 unspecified atom stereocenters. The van der Waals surface area contributed by atoms with Gasteiger partial charge < -0.3 is 10.0 Å². The van der Waals surface area contributed by atoms with Gasteiger partial charge in [-0.1, -0.05) is 11.6 Å². The number of halogens is 1. The molecule has 1 aromatic rings. The molecule has 1 aliphatic heterocycles. The first-order valence-corrected chi connectivity index (χ1v) is 5.80. The second kappa shape index (κ2) is 4.75. The van der Waals surface area contributed by atoms with Gasteiger partial charge >= 0.3 is 5.97 Å². The van der Waals surface area contributed by atoms with Gasteiger partial charge in [0.15, 0.2) is 0 Å². The van der Waals surface area contributed by atoms with Crippen molar-refractivity contribution >= 4 is 29.2 Å². The van der Waals surface area contributed by atoms with Crippen molar-refractivity contribution in [1.29, 1.82) is 0 Å². The lowest BCUT2D eigenvalue weighted by Gasteiger charge is -2.27. The molecule has 1 heterocycles. The number of carboxylic acid groups (broad SMARTS) is 1. The number of hydrogen-bond acceptors (Lipinski definition) is 2. The topological polar surface area (TPSA) is 57.6 Å². The lowest BCUT2D eigenvalue weighted by molar-refractivity contribution is -0.119. The molecule has 1 amide bonds. The maximum atomic E-state index is 11.7. The van der Waals surface area contributed by atoms with Crippen LogP contribution >= 0.6 is 11.6 Å². The minimum atomic E-state index is -1.06. The summed E-state index contributed by atoms with van der Waals surface area (Å²) in [7, 11) is 0. The van der Waals surface area contributed by atoms with E-state index in [1.54, 1.807) is 11.0 Å². The van der Waals surface area contributed by atoms with Crippen LogP contribution in [-0.4, -0.2) is 23.5 Å². The van der Waals surface area contributed by atoms with E-state index in [4.69, 9.17) is 16.7 Å². The van der Waals surface area contributed by atoms with E-state index in [2.05, 4.69) is 0 Å². The zero-order valence-corrected chi connectivity index (χ0v) is 9.91. The maximum Gasteiger partial charge on any atom is 0.337 e. The smallest absolute Gasteiger partial charge is 0.337 e. The number of carbonyl (C=O) groups excluding carboxylic acids is 1. The Balaban J connectivity index is 2.30. The van der Waals surface area contributed by atoms with E-state index in [0.29, 0.717) is 18.7 Å². The van der Waals surface area contributed by atoms with E-state index in [-0.39, 0.29) is 16.5 Å². The highest BCUT2D eigenvalue weighted by Gasteiger charge is 2.20. The van der Waals surface area contributed by atoms with Gasteiger partial charge in [0, 0.05) is 18.7 Å². The van der Waals surface area contributed by atoms with Gasteiger partial charge in [-0.15, -0.1) is 0 Å². The van der Waals surface area contributed by atoms with Crippen LogP contribution in [0, 0.1) is 0 Å². The second-order valence-corrected chi connectivity index (χ2v) is 4.38. The van der Waals surface area contributed by atoms with Crippen molar-refractivity contribution < 1.29 is 14.7 Å². The van der Waals surface area contributed by atoms with Crippen molar-refractivity contribution in [2.75, 3.05) is 11.4 Å². The molecule has 1 aromatic carbocycles. The third-order valence-electron chi connectivity index (χ3n) is 2.82. The minimum absolute atomic E-state index is 0.0554. The van der Waals surface area contributed by atoms with Crippen LogP contribution < -0.4 is 4.90 Å². The van der Waals surface area contributed by atoms with E-state index in [9.17, 15) is 9.59 Å². The quantitative estimate of drug-likeness (QED) is 0.881. The summed E-state index contributed by atoms with van der Waals surface area (Å²) in [5.41, 5.74) is 0.726. The summed E-state index contributed by atoms with van der Waals surface area (Å²) < 4.78 is 0. The number of amides is 1. The SMILES string of the molecule is O=C(O)c1ccc(N2CCCCC2=O)cc1Cl. The lowest BCUT2D eigenvalue weighted by atomic mass is 10.1. The molecule has 0 aliphatic carbocycles. The fraction of sp³-hybridized carbons (Fsp3) is 0.333. The normalized spacial score (nSPS) is 16.1. The number of hydrogen-bond donors (Lipinski definition) is 1. The largest absolute Gasteiger partial charge is 0.478 e. The number of carboxylic acids is 1. The highest BCUT2D eigenvalue weighted by atomic mass is 35.5. The zero-order chi connectivity index (χ0) is 12.4. The van der Waals surface area contributed by atoms with Crippen molar-refractivity contribution in [3.8, 4) is 0 Å². The predicted molar refractivity (Wildman–Crippen MR) is 64.6 cm³/mol. The fourth-order valence-electron chi connectivity index (χ4n) is 1.92. The van der Waals surface area contributed by atoms with Crippen molar-refractivity contribution in [3.05, 3.63) is 28.8 Å². The van der Waals surface area contributed by atoms with Gasteiger partial charge in [-0.2, -0.15) is 0 Å². The standard InChI is InChI=1S/C12H12ClNO3/c13-10-7-8(4-5-9(10)12(16)17)14-6-2-1-3-11(14)15/h4-5,7H,1-3,6H2,(H,16,17). The van der Waals surface area contributed by atoms with Crippen LogP contribution in [0.15, 0.2) is 18.2 Å². The van der Waals surface area contributed by atoms with Gasteiger partial charge in [0.1, 0.15) is 0 Å². The van der Waals surface area contributed by atoms with Crippen LogP contribution in [0.5, 0.6) is 0 Å². The molecule has 0 spiro atoms. The van der Waals surface area contributed by atoms with Gasteiger partial charge in [-0.25, -0.2) is 4.79 Å². The van der Waals surface area contributed by atoms with Crippen molar-refractivity contribution in [2.24, 2.45) is 0 Å². The first-order chi connectivity index (χ1) is 8.09. The summed E-state index contributed by atoms with van der Waals surface area (Å²) in [5.74, 6) is -0.998. The molecule has 0 atom stereocenters. The van der Waals surface area contributed by atoms with Gasteiger partial charge in [0.05, 0.1) is 10.6 Å². The van der Waals surface area contributed by atoms with Crippen LogP contribution in [0.3, 0.4) is 0 Å². The first-order valence-electron chi connectivity index (χ1n) is 5.43. The number of anilines is 1. The van der Waals surface area contributed by atoms with Crippen LogP contribution in [0.2, 0.25) is 5.02 Å². The maximum absolute atomic E-state index is 11.7. The molecule has 1 N–H and O–H groups in total. The lowest BCUT2D eigenvalue weighted by Crippen LogP contribution is -2.35. The summed E-state index contributed by atoms with van der Waals surface area (Å²) in [5, 5.41) is 9.01. The molecule has 5 heteroatoms. The molecule has 17 heavy (non-hydrogen) atoms. The Morgan fingerprint density at radius 3 is 2.71 bits per heavy atom. The van der Waals surface area contributed by atoms with Gasteiger partial charge in [0.2, 0.25) is 5.91 Å². The van der Waals surface area contributed by atoms with Crippen molar-refractivity contribution in [3.63, 3.8) is 0 Å². The Hall–Kier alpha value is -1.55. The van der Waals surface area contributed by atoms with E-state index >= 15 is 0 Å². The Morgan fingerprint density at radius 2 is 2.12 bits per heavy atom. The predicted octanol–water partition coefficient (Wildman–Crippen LogP) is 2.56.